The van der Waals surface area contributed by atoms with Gasteiger partial charge in [-0.3, -0.25) is 4.98 Å². The SMILES string of the molecule is C#Cc1ccnc(C)c1N. The fraction of sp³-hybridized carbons (Fsp3) is 0.125. The third-order valence-corrected chi connectivity index (χ3v) is 1.34. The smallest absolute Gasteiger partial charge is 0.0689 e. The molecule has 1 heterocycles. The van der Waals surface area contributed by atoms with Crippen LogP contribution in [0.3, 0.4) is 0 Å². The molecule has 0 aliphatic heterocycles. The molecule has 0 radical (unpaired) electrons. The van der Waals surface area contributed by atoms with Gasteiger partial charge in [0.15, 0.2) is 0 Å². The molecule has 0 aliphatic carbocycles. The van der Waals surface area contributed by atoms with Crippen molar-refractivity contribution in [1.29, 1.82) is 0 Å². The summed E-state index contributed by atoms with van der Waals surface area (Å²) < 4.78 is 0. The highest BCUT2D eigenvalue weighted by atomic mass is 14.7. The molecule has 2 N–H and O–H groups in total. The highest BCUT2D eigenvalue weighted by Crippen LogP contribution is 2.11. The van der Waals surface area contributed by atoms with Crippen LogP contribution in [0, 0.1) is 19.3 Å². The summed E-state index contributed by atoms with van der Waals surface area (Å²) in [5, 5.41) is 0. The first-order valence-corrected chi connectivity index (χ1v) is 2.93. The maximum Gasteiger partial charge on any atom is 0.0689 e. The Balaban J connectivity index is 3.31. The van der Waals surface area contributed by atoms with Gasteiger partial charge in [-0.05, 0) is 13.0 Å². The Bertz CT molecular complexity index is 284. The molecule has 0 saturated carbocycles. The summed E-state index contributed by atoms with van der Waals surface area (Å²) in [5.74, 6) is 2.47. The van der Waals surface area contributed by atoms with Crippen molar-refractivity contribution >= 4 is 5.69 Å². The number of hydrogen-bond acceptors (Lipinski definition) is 2. The van der Waals surface area contributed by atoms with Gasteiger partial charge in [0.2, 0.25) is 0 Å². The zero-order valence-electron chi connectivity index (χ0n) is 5.76. The van der Waals surface area contributed by atoms with Crippen LogP contribution in [0.15, 0.2) is 12.3 Å². The first kappa shape index (κ1) is 6.63. The zero-order chi connectivity index (χ0) is 7.56. The van der Waals surface area contributed by atoms with E-state index in [9.17, 15) is 0 Å². The summed E-state index contributed by atoms with van der Waals surface area (Å²) in [4.78, 5) is 3.97. The first-order valence-electron chi connectivity index (χ1n) is 2.93. The normalized spacial score (nSPS) is 8.80. The quantitative estimate of drug-likeness (QED) is 0.534. The number of nitrogens with zero attached hydrogens (tertiary/aromatic N) is 1. The number of hydrogen-bond donors (Lipinski definition) is 1. The average molecular weight is 132 g/mol. The van der Waals surface area contributed by atoms with E-state index in [0.717, 1.165) is 5.69 Å². The van der Waals surface area contributed by atoms with Crippen molar-refractivity contribution in [1.82, 2.24) is 4.98 Å². The molecule has 10 heavy (non-hydrogen) atoms. The van der Waals surface area contributed by atoms with E-state index < -0.39 is 0 Å². The predicted octanol–water partition coefficient (Wildman–Crippen LogP) is 0.954. The molecule has 2 nitrogen and oxygen atoms in total. The summed E-state index contributed by atoms with van der Waals surface area (Å²) in [6, 6.07) is 1.72. The molecule has 1 rings (SSSR count). The zero-order valence-corrected chi connectivity index (χ0v) is 5.76. The van der Waals surface area contributed by atoms with Gasteiger partial charge >= 0.3 is 0 Å². The van der Waals surface area contributed by atoms with Crippen LogP contribution in [0.25, 0.3) is 0 Å². The number of rotatable bonds is 0. The molecule has 2 heteroatoms. The van der Waals surface area contributed by atoms with Crippen LogP contribution in [0.2, 0.25) is 0 Å². The van der Waals surface area contributed by atoms with E-state index in [1.807, 2.05) is 6.92 Å². The minimum atomic E-state index is 0.602. The molecular weight excluding hydrogens is 124 g/mol. The minimum absolute atomic E-state index is 0.602. The molecule has 0 atom stereocenters. The standard InChI is InChI=1S/C8H8N2/c1-3-7-4-5-10-6(2)8(7)9/h1,4-5H,9H2,2H3. The lowest BCUT2D eigenvalue weighted by molar-refractivity contribution is 1.20. The molecule has 0 saturated heterocycles. The third kappa shape index (κ3) is 0.939. The average Bonchev–Trinajstić information content (AvgIpc) is 1.95. The molecule has 0 aromatic carbocycles. The molecular formula is C8H8N2. The van der Waals surface area contributed by atoms with Gasteiger partial charge in [-0.15, -0.1) is 6.42 Å². The lowest BCUT2D eigenvalue weighted by Gasteiger charge is -1.99. The van der Waals surface area contributed by atoms with Crippen LogP contribution in [-0.2, 0) is 0 Å². The lowest BCUT2D eigenvalue weighted by atomic mass is 10.2. The molecule has 0 unspecified atom stereocenters. The van der Waals surface area contributed by atoms with Gasteiger partial charge in [0.05, 0.1) is 16.9 Å². The van der Waals surface area contributed by atoms with Crippen LogP contribution < -0.4 is 5.73 Å². The van der Waals surface area contributed by atoms with E-state index in [1.54, 1.807) is 12.3 Å². The van der Waals surface area contributed by atoms with Crippen LogP contribution in [0.4, 0.5) is 5.69 Å². The van der Waals surface area contributed by atoms with Crippen molar-refractivity contribution in [2.24, 2.45) is 0 Å². The van der Waals surface area contributed by atoms with Crippen molar-refractivity contribution < 1.29 is 0 Å². The van der Waals surface area contributed by atoms with Gasteiger partial charge in [0, 0.05) is 6.20 Å². The van der Waals surface area contributed by atoms with Gasteiger partial charge in [0.25, 0.3) is 0 Å². The molecule has 0 bridgehead atoms. The Hall–Kier alpha value is -1.49. The van der Waals surface area contributed by atoms with E-state index in [1.165, 1.54) is 0 Å². The fourth-order valence-corrected chi connectivity index (χ4v) is 0.704. The lowest BCUT2D eigenvalue weighted by Crippen LogP contribution is -1.95. The Morgan fingerprint density at radius 1 is 1.70 bits per heavy atom. The minimum Gasteiger partial charge on any atom is -0.396 e. The van der Waals surface area contributed by atoms with Crippen molar-refractivity contribution in [2.75, 3.05) is 5.73 Å². The third-order valence-electron chi connectivity index (χ3n) is 1.34. The first-order chi connectivity index (χ1) is 4.75. The van der Waals surface area contributed by atoms with Crippen molar-refractivity contribution in [3.8, 4) is 12.3 Å². The number of anilines is 1. The van der Waals surface area contributed by atoms with E-state index >= 15 is 0 Å². The Morgan fingerprint density at radius 2 is 2.40 bits per heavy atom. The summed E-state index contributed by atoms with van der Waals surface area (Å²) in [6.07, 6.45) is 6.82. The monoisotopic (exact) mass is 132 g/mol. The molecule has 50 valence electrons. The number of pyridine rings is 1. The number of nitrogen functional groups attached to an aromatic ring is 1. The maximum absolute atomic E-state index is 5.59. The molecule has 0 aliphatic rings. The van der Waals surface area contributed by atoms with E-state index in [4.69, 9.17) is 12.2 Å². The Kier molecular flexibility index (Phi) is 1.59. The van der Waals surface area contributed by atoms with E-state index in [2.05, 4.69) is 10.9 Å². The molecule has 0 amide bonds. The predicted molar refractivity (Wildman–Crippen MR) is 41.3 cm³/mol. The van der Waals surface area contributed by atoms with Crippen molar-refractivity contribution in [3.05, 3.63) is 23.5 Å². The van der Waals surface area contributed by atoms with E-state index in [0.29, 0.717) is 11.3 Å². The summed E-state index contributed by atoms with van der Waals surface area (Å²) in [7, 11) is 0. The Morgan fingerprint density at radius 3 is 2.90 bits per heavy atom. The largest absolute Gasteiger partial charge is 0.396 e. The number of aryl methyl sites for hydroxylation is 1. The van der Waals surface area contributed by atoms with Crippen LogP contribution >= 0.6 is 0 Å². The maximum atomic E-state index is 5.59. The molecule has 1 aromatic rings. The molecule has 1 aromatic heterocycles. The number of nitrogens with two attached hydrogens (primary N) is 1. The second-order valence-electron chi connectivity index (χ2n) is 2.00. The van der Waals surface area contributed by atoms with Gasteiger partial charge in [0.1, 0.15) is 0 Å². The molecule has 0 fully saturated rings. The second-order valence-corrected chi connectivity index (χ2v) is 2.00. The van der Waals surface area contributed by atoms with Crippen LogP contribution in [0.5, 0.6) is 0 Å². The summed E-state index contributed by atoms with van der Waals surface area (Å²) >= 11 is 0. The van der Waals surface area contributed by atoms with Gasteiger partial charge in [-0.25, -0.2) is 0 Å². The van der Waals surface area contributed by atoms with Gasteiger partial charge in [-0.2, -0.15) is 0 Å². The number of aromatic nitrogens is 1. The Labute approximate surface area is 60.1 Å². The van der Waals surface area contributed by atoms with Crippen LogP contribution in [-0.4, -0.2) is 4.98 Å². The summed E-state index contributed by atoms with van der Waals surface area (Å²) in [6.45, 7) is 1.83. The van der Waals surface area contributed by atoms with Crippen molar-refractivity contribution in [2.45, 2.75) is 6.92 Å². The highest BCUT2D eigenvalue weighted by molar-refractivity contribution is 5.56. The number of terminal acetylenes is 1. The van der Waals surface area contributed by atoms with Gasteiger partial charge < -0.3 is 5.73 Å². The van der Waals surface area contributed by atoms with Crippen LogP contribution in [0.1, 0.15) is 11.3 Å². The van der Waals surface area contributed by atoms with Gasteiger partial charge in [-0.1, -0.05) is 5.92 Å². The summed E-state index contributed by atoms with van der Waals surface area (Å²) in [5.41, 5.74) is 7.69. The highest BCUT2D eigenvalue weighted by Gasteiger charge is 1.97. The second kappa shape index (κ2) is 2.40. The van der Waals surface area contributed by atoms with Crippen molar-refractivity contribution in [3.63, 3.8) is 0 Å². The molecule has 0 spiro atoms. The van der Waals surface area contributed by atoms with E-state index in [-0.39, 0.29) is 0 Å². The fourth-order valence-electron chi connectivity index (χ4n) is 0.704. The topological polar surface area (TPSA) is 38.9 Å².